The van der Waals surface area contributed by atoms with Crippen LogP contribution in [0.2, 0.25) is 0 Å². The van der Waals surface area contributed by atoms with E-state index in [9.17, 15) is 8.78 Å². The van der Waals surface area contributed by atoms with Gasteiger partial charge in [0.05, 0.1) is 31.2 Å². The third-order valence-corrected chi connectivity index (χ3v) is 6.79. The maximum atomic E-state index is 13.2. The molecule has 170 valence electrons. The number of hydrogen-bond acceptors (Lipinski definition) is 6. The Bertz CT molecular complexity index is 1350. The number of nitrogens with one attached hydrogen (secondary N) is 1. The van der Waals surface area contributed by atoms with Crippen molar-refractivity contribution in [1.82, 2.24) is 14.4 Å². The zero-order valence-corrected chi connectivity index (χ0v) is 17.8. The first-order chi connectivity index (χ1) is 16.0. The molecule has 0 spiro atoms. The fraction of sp³-hybridized carbons (Fsp3) is 0.333. The first-order valence-corrected chi connectivity index (χ1v) is 10.9. The Balaban J connectivity index is 1.11. The second kappa shape index (κ2) is 7.28. The minimum atomic E-state index is -2.59. The summed E-state index contributed by atoms with van der Waals surface area (Å²) < 4.78 is 39.9. The molecule has 3 N–H and O–H groups in total. The van der Waals surface area contributed by atoms with Crippen LogP contribution in [0, 0.1) is 5.41 Å². The zero-order chi connectivity index (χ0) is 22.6. The highest BCUT2D eigenvalue weighted by atomic mass is 19.3. The van der Waals surface area contributed by atoms with E-state index in [-0.39, 0.29) is 16.7 Å². The highest BCUT2D eigenvalue weighted by Gasteiger charge is 2.62. The minimum absolute atomic E-state index is 0.0514. The lowest BCUT2D eigenvalue weighted by Gasteiger charge is -2.44. The molecule has 3 aromatic heterocycles. The maximum Gasteiger partial charge on any atom is 0.280 e. The molecule has 5 heterocycles. The second-order valence-electron chi connectivity index (χ2n) is 9.14. The van der Waals surface area contributed by atoms with E-state index in [0.717, 1.165) is 29.3 Å². The molecule has 0 atom stereocenters. The summed E-state index contributed by atoms with van der Waals surface area (Å²) in [5.41, 5.74) is 7.07. The van der Waals surface area contributed by atoms with Crippen LogP contribution < -0.4 is 15.8 Å². The predicted molar refractivity (Wildman–Crippen MR) is 121 cm³/mol. The van der Waals surface area contributed by atoms with Gasteiger partial charge in [-0.1, -0.05) is 12.1 Å². The number of nitrogens with two attached hydrogens (primary N) is 1. The van der Waals surface area contributed by atoms with E-state index in [1.165, 1.54) is 10.6 Å². The van der Waals surface area contributed by atoms with Crippen LogP contribution in [-0.4, -0.2) is 39.7 Å². The number of pyridine rings is 2. The molecule has 1 aromatic carbocycles. The Morgan fingerprint density at radius 2 is 2.03 bits per heavy atom. The van der Waals surface area contributed by atoms with Gasteiger partial charge < -0.3 is 20.5 Å². The summed E-state index contributed by atoms with van der Waals surface area (Å²) in [6, 6.07) is 11.4. The molecule has 7 rings (SSSR count). The maximum absolute atomic E-state index is 13.2. The lowest BCUT2D eigenvalue weighted by Crippen LogP contribution is -2.51. The number of benzene rings is 1. The van der Waals surface area contributed by atoms with Crippen molar-refractivity contribution in [3.8, 4) is 5.75 Å². The Morgan fingerprint density at radius 3 is 2.88 bits per heavy atom. The normalized spacial score (nSPS) is 23.8. The summed E-state index contributed by atoms with van der Waals surface area (Å²) >= 11 is 0. The van der Waals surface area contributed by atoms with Gasteiger partial charge in [-0.25, -0.2) is 18.7 Å². The van der Waals surface area contributed by atoms with E-state index in [1.54, 1.807) is 24.5 Å². The van der Waals surface area contributed by atoms with E-state index >= 15 is 0 Å². The fourth-order valence-corrected chi connectivity index (χ4v) is 5.25. The van der Waals surface area contributed by atoms with Gasteiger partial charge >= 0.3 is 0 Å². The van der Waals surface area contributed by atoms with E-state index < -0.39 is 6.43 Å². The van der Waals surface area contributed by atoms with Crippen LogP contribution in [0.15, 0.2) is 55.0 Å². The number of alkyl halides is 2. The number of ether oxygens (including phenoxy) is 2. The van der Waals surface area contributed by atoms with E-state index in [1.807, 2.05) is 24.3 Å². The Labute approximate surface area is 188 Å². The van der Waals surface area contributed by atoms with Crippen molar-refractivity contribution in [2.75, 3.05) is 30.8 Å². The SMILES string of the molecule is Nc1nccc2c(NCC34CC(COc5ccc6ncc(C(F)F)n6c5)(CO3)C4)cccc12. The molecule has 0 amide bonds. The van der Waals surface area contributed by atoms with Gasteiger partial charge in [0.25, 0.3) is 6.43 Å². The largest absolute Gasteiger partial charge is 0.491 e. The lowest BCUT2D eigenvalue weighted by atomic mass is 9.63. The number of anilines is 2. The van der Waals surface area contributed by atoms with Gasteiger partial charge in [0, 0.05) is 34.6 Å². The predicted octanol–water partition coefficient (Wildman–Crippen LogP) is 4.44. The Kier molecular flexibility index (Phi) is 4.45. The van der Waals surface area contributed by atoms with Crippen LogP contribution in [0.3, 0.4) is 0 Å². The van der Waals surface area contributed by atoms with E-state index in [4.69, 9.17) is 15.2 Å². The van der Waals surface area contributed by atoms with Gasteiger partial charge in [-0.2, -0.15) is 0 Å². The Hall–Kier alpha value is -3.46. The topological polar surface area (TPSA) is 86.7 Å². The number of imidazole rings is 1. The third-order valence-electron chi connectivity index (χ3n) is 6.79. The van der Waals surface area contributed by atoms with Crippen LogP contribution in [0.4, 0.5) is 20.3 Å². The van der Waals surface area contributed by atoms with Crippen molar-refractivity contribution in [1.29, 1.82) is 0 Å². The number of hydrogen-bond donors (Lipinski definition) is 2. The summed E-state index contributed by atoms with van der Waals surface area (Å²) in [4.78, 5) is 8.17. The highest BCUT2D eigenvalue weighted by molar-refractivity contribution is 5.99. The molecule has 3 fully saturated rings. The summed E-state index contributed by atoms with van der Waals surface area (Å²) in [5.74, 6) is 1.06. The molecule has 0 radical (unpaired) electrons. The molecule has 3 aliphatic rings. The lowest BCUT2D eigenvalue weighted by molar-refractivity contribution is -0.0134. The summed E-state index contributed by atoms with van der Waals surface area (Å²) in [6.45, 7) is 1.79. The van der Waals surface area contributed by atoms with Crippen molar-refractivity contribution in [3.05, 3.63) is 60.7 Å². The van der Waals surface area contributed by atoms with E-state index in [0.29, 0.717) is 37.0 Å². The first kappa shape index (κ1) is 20.2. The smallest absolute Gasteiger partial charge is 0.280 e. The van der Waals surface area contributed by atoms with Gasteiger partial charge in [0.15, 0.2) is 0 Å². The van der Waals surface area contributed by atoms with Crippen molar-refractivity contribution >= 4 is 27.9 Å². The van der Waals surface area contributed by atoms with Gasteiger partial charge in [-0.15, -0.1) is 0 Å². The number of fused-ring (bicyclic) bond motifs is 3. The van der Waals surface area contributed by atoms with Crippen molar-refractivity contribution in [2.24, 2.45) is 5.41 Å². The number of nitrogen functional groups attached to an aromatic ring is 1. The highest BCUT2D eigenvalue weighted by Crippen LogP contribution is 2.58. The Morgan fingerprint density at radius 1 is 1.15 bits per heavy atom. The molecule has 2 aliphatic heterocycles. The quantitative estimate of drug-likeness (QED) is 0.432. The van der Waals surface area contributed by atoms with Crippen molar-refractivity contribution in [3.63, 3.8) is 0 Å². The number of aromatic nitrogens is 3. The monoisotopic (exact) mass is 451 g/mol. The second-order valence-corrected chi connectivity index (χ2v) is 9.14. The molecule has 7 nitrogen and oxygen atoms in total. The molecule has 9 heteroatoms. The van der Waals surface area contributed by atoms with Gasteiger partial charge in [-0.3, -0.25) is 4.40 Å². The first-order valence-electron chi connectivity index (χ1n) is 10.9. The molecule has 2 bridgehead atoms. The summed E-state index contributed by atoms with van der Waals surface area (Å²) in [5, 5.41) is 5.49. The van der Waals surface area contributed by atoms with Crippen LogP contribution in [0.5, 0.6) is 5.75 Å². The molecule has 1 aliphatic carbocycles. The minimum Gasteiger partial charge on any atom is -0.491 e. The van der Waals surface area contributed by atoms with Crippen LogP contribution in [0.25, 0.3) is 16.4 Å². The molecule has 2 saturated heterocycles. The molecule has 33 heavy (non-hydrogen) atoms. The molecular weight excluding hydrogens is 428 g/mol. The summed E-state index contributed by atoms with van der Waals surface area (Å²) in [7, 11) is 0. The van der Waals surface area contributed by atoms with Crippen LogP contribution in [0.1, 0.15) is 25.0 Å². The average molecular weight is 451 g/mol. The molecular formula is C24H23F2N5O2. The molecule has 1 saturated carbocycles. The number of nitrogens with zero attached hydrogens (tertiary/aromatic N) is 3. The van der Waals surface area contributed by atoms with Gasteiger partial charge in [0.2, 0.25) is 0 Å². The third kappa shape index (κ3) is 3.34. The van der Waals surface area contributed by atoms with Crippen molar-refractivity contribution < 1.29 is 18.3 Å². The number of halogens is 2. The van der Waals surface area contributed by atoms with Crippen LogP contribution in [-0.2, 0) is 4.74 Å². The van der Waals surface area contributed by atoms with Crippen LogP contribution >= 0.6 is 0 Å². The molecule has 4 aromatic rings. The zero-order valence-electron chi connectivity index (χ0n) is 17.8. The molecule has 0 unspecified atom stereocenters. The van der Waals surface area contributed by atoms with E-state index in [2.05, 4.69) is 15.3 Å². The standard InChI is InChI=1S/C24H23F2N5O2/c25-21(26)19-8-29-20-5-4-15(9-31(19)20)32-13-23-10-24(11-23,33-14-23)12-30-18-3-1-2-17-16(18)6-7-28-22(17)27/h1-9,21,30H,10-14H2,(H2,27,28). The van der Waals surface area contributed by atoms with Gasteiger partial charge in [-0.05, 0) is 37.1 Å². The van der Waals surface area contributed by atoms with Crippen molar-refractivity contribution in [2.45, 2.75) is 24.9 Å². The number of rotatable bonds is 7. The summed E-state index contributed by atoms with van der Waals surface area (Å²) in [6.07, 6.45) is 3.66. The average Bonchev–Trinajstić information content (AvgIpc) is 3.48. The fourth-order valence-electron chi connectivity index (χ4n) is 5.25. The van der Waals surface area contributed by atoms with Gasteiger partial charge in [0.1, 0.15) is 22.9 Å².